The van der Waals surface area contributed by atoms with Crippen LogP contribution in [0.25, 0.3) is 0 Å². The van der Waals surface area contributed by atoms with Crippen molar-refractivity contribution in [3.8, 4) is 0 Å². The minimum absolute atomic E-state index is 0.0270. The highest BCUT2D eigenvalue weighted by molar-refractivity contribution is 8.00. The van der Waals surface area contributed by atoms with Crippen LogP contribution < -0.4 is 10.2 Å². The lowest BCUT2D eigenvalue weighted by atomic mass is 10.1. The van der Waals surface area contributed by atoms with Crippen LogP contribution >= 0.6 is 11.8 Å². The quantitative estimate of drug-likeness (QED) is 0.809. The summed E-state index contributed by atoms with van der Waals surface area (Å²) in [6, 6.07) is 11.6. The maximum Gasteiger partial charge on any atom is 0.240 e. The first-order valence-electron chi connectivity index (χ1n) is 9.79. The van der Waals surface area contributed by atoms with Gasteiger partial charge in [0, 0.05) is 11.4 Å². The van der Waals surface area contributed by atoms with Gasteiger partial charge in [-0.3, -0.25) is 14.5 Å². The van der Waals surface area contributed by atoms with Gasteiger partial charge in [-0.05, 0) is 50.2 Å². The molecular formula is C21H25N3O3S. The highest BCUT2D eigenvalue weighted by Gasteiger charge is 2.28. The molecule has 6 nitrogen and oxygen atoms in total. The van der Waals surface area contributed by atoms with E-state index in [4.69, 9.17) is 4.42 Å². The van der Waals surface area contributed by atoms with E-state index in [-0.39, 0.29) is 24.4 Å². The summed E-state index contributed by atoms with van der Waals surface area (Å²) in [5.41, 5.74) is 0.817. The van der Waals surface area contributed by atoms with Gasteiger partial charge >= 0.3 is 0 Å². The van der Waals surface area contributed by atoms with Crippen LogP contribution in [-0.4, -0.2) is 48.6 Å². The molecule has 28 heavy (non-hydrogen) atoms. The van der Waals surface area contributed by atoms with Crippen LogP contribution in [0.15, 0.2) is 52.0 Å². The molecule has 1 aromatic heterocycles. The molecule has 0 spiro atoms. The second kappa shape index (κ2) is 8.84. The van der Waals surface area contributed by atoms with Crippen molar-refractivity contribution in [1.29, 1.82) is 0 Å². The minimum atomic E-state index is -0.149. The predicted octanol–water partition coefficient (Wildman–Crippen LogP) is 3.06. The van der Waals surface area contributed by atoms with Gasteiger partial charge in [-0.2, -0.15) is 0 Å². The molecule has 1 aromatic carbocycles. The zero-order valence-corrected chi connectivity index (χ0v) is 16.6. The van der Waals surface area contributed by atoms with Crippen LogP contribution in [0.4, 0.5) is 5.69 Å². The first kappa shape index (κ1) is 19.1. The molecule has 1 N–H and O–H groups in total. The number of likely N-dealkylation sites (tertiary alicyclic amines) is 1. The second-order valence-corrected chi connectivity index (χ2v) is 8.19. The zero-order chi connectivity index (χ0) is 19.3. The van der Waals surface area contributed by atoms with Gasteiger partial charge in [0.05, 0.1) is 23.7 Å². The minimum Gasteiger partial charge on any atom is -0.468 e. The lowest BCUT2D eigenvalue weighted by Crippen LogP contribution is -2.46. The fraction of sp³-hybridized carbons (Fsp3) is 0.429. The Bertz CT molecular complexity index is 818. The Balaban J connectivity index is 1.41. The number of hydrogen-bond donors (Lipinski definition) is 1. The van der Waals surface area contributed by atoms with Gasteiger partial charge in [0.1, 0.15) is 12.3 Å². The largest absolute Gasteiger partial charge is 0.468 e. The van der Waals surface area contributed by atoms with Gasteiger partial charge in [0.15, 0.2) is 0 Å². The first-order chi connectivity index (χ1) is 13.7. The number of anilines is 1. The third-order valence-corrected chi connectivity index (χ3v) is 6.35. The van der Waals surface area contributed by atoms with Crippen LogP contribution in [-0.2, 0) is 9.59 Å². The van der Waals surface area contributed by atoms with Crippen LogP contribution in [0.2, 0.25) is 0 Å². The van der Waals surface area contributed by atoms with E-state index in [1.165, 1.54) is 31.0 Å². The number of furan rings is 1. The lowest BCUT2D eigenvalue weighted by molar-refractivity contribution is -0.123. The molecule has 1 fully saturated rings. The van der Waals surface area contributed by atoms with E-state index < -0.39 is 0 Å². The van der Waals surface area contributed by atoms with Crippen LogP contribution in [0.1, 0.15) is 31.1 Å². The van der Waals surface area contributed by atoms with Gasteiger partial charge in [-0.15, -0.1) is 11.8 Å². The maximum atomic E-state index is 12.7. The fourth-order valence-electron chi connectivity index (χ4n) is 3.86. The normalized spacial score (nSPS) is 18.6. The van der Waals surface area contributed by atoms with Crippen molar-refractivity contribution in [1.82, 2.24) is 10.2 Å². The van der Waals surface area contributed by atoms with Gasteiger partial charge in [-0.25, -0.2) is 0 Å². The molecule has 1 unspecified atom stereocenters. The molecule has 1 atom stereocenters. The summed E-state index contributed by atoms with van der Waals surface area (Å²) in [6.45, 7) is 2.54. The number of carbonyl (C=O) groups excluding carboxylic acids is 2. The van der Waals surface area contributed by atoms with Crippen molar-refractivity contribution in [3.05, 3.63) is 48.4 Å². The van der Waals surface area contributed by atoms with E-state index in [1.54, 1.807) is 11.2 Å². The number of hydrogen-bond acceptors (Lipinski definition) is 5. The third kappa shape index (κ3) is 4.25. The molecule has 0 radical (unpaired) electrons. The van der Waals surface area contributed by atoms with E-state index in [1.807, 2.05) is 36.4 Å². The average Bonchev–Trinajstić information content (AvgIpc) is 3.26. The van der Waals surface area contributed by atoms with Crippen molar-refractivity contribution < 1.29 is 14.0 Å². The molecule has 0 saturated carbocycles. The van der Waals surface area contributed by atoms with Gasteiger partial charge in [0.2, 0.25) is 11.8 Å². The topological polar surface area (TPSA) is 65.8 Å². The van der Waals surface area contributed by atoms with Gasteiger partial charge in [-0.1, -0.05) is 18.6 Å². The summed E-state index contributed by atoms with van der Waals surface area (Å²) in [4.78, 5) is 30.0. The number of piperidine rings is 1. The number of para-hydroxylation sites is 1. The Kier molecular flexibility index (Phi) is 6.02. The number of nitrogens with zero attached hydrogens (tertiary/aromatic N) is 2. The standard InChI is InChI=1S/C21H25N3O3S/c25-20(14-24-16-7-2-3-9-19(16)28-15-21(24)26)22-13-17(18-8-6-12-27-18)23-10-4-1-5-11-23/h2-3,6-9,12,17H,1,4-5,10-11,13-15H2,(H,22,25). The number of nitrogens with one attached hydrogen (secondary N) is 1. The van der Waals surface area contributed by atoms with Crippen molar-refractivity contribution in [2.24, 2.45) is 0 Å². The maximum absolute atomic E-state index is 12.7. The summed E-state index contributed by atoms with van der Waals surface area (Å²) in [7, 11) is 0. The SMILES string of the molecule is O=C(CN1C(=O)CSc2ccccc21)NCC(c1ccco1)N1CCCCC1. The Morgan fingerprint density at radius 3 is 2.75 bits per heavy atom. The van der Waals surface area contributed by atoms with Crippen molar-refractivity contribution in [2.75, 3.05) is 36.8 Å². The highest BCUT2D eigenvalue weighted by atomic mass is 32.2. The number of amides is 2. The summed E-state index contributed by atoms with van der Waals surface area (Å²) in [5.74, 6) is 1.06. The highest BCUT2D eigenvalue weighted by Crippen LogP contribution is 2.34. The molecule has 148 valence electrons. The smallest absolute Gasteiger partial charge is 0.240 e. The monoisotopic (exact) mass is 399 g/mol. The average molecular weight is 400 g/mol. The number of thioether (sulfide) groups is 1. The number of fused-ring (bicyclic) bond motifs is 1. The molecule has 4 rings (SSSR count). The molecule has 0 aliphatic carbocycles. The summed E-state index contributed by atoms with van der Waals surface area (Å²) >= 11 is 1.52. The molecule has 3 heterocycles. The zero-order valence-electron chi connectivity index (χ0n) is 15.8. The van der Waals surface area contributed by atoms with E-state index in [9.17, 15) is 9.59 Å². The second-order valence-electron chi connectivity index (χ2n) is 7.17. The lowest BCUT2D eigenvalue weighted by Gasteiger charge is -2.34. The van der Waals surface area contributed by atoms with E-state index in [0.717, 1.165) is 29.4 Å². The Morgan fingerprint density at radius 2 is 1.96 bits per heavy atom. The first-order valence-corrected chi connectivity index (χ1v) is 10.8. The van der Waals surface area contributed by atoms with Crippen molar-refractivity contribution in [3.63, 3.8) is 0 Å². The van der Waals surface area contributed by atoms with Crippen molar-refractivity contribution >= 4 is 29.3 Å². The molecule has 2 aliphatic heterocycles. The number of benzene rings is 1. The summed E-state index contributed by atoms with van der Waals surface area (Å²) in [5, 5.41) is 3.03. The van der Waals surface area contributed by atoms with Crippen LogP contribution in [0.3, 0.4) is 0 Å². The summed E-state index contributed by atoms with van der Waals surface area (Å²) in [6.07, 6.45) is 5.26. The fourth-order valence-corrected chi connectivity index (χ4v) is 4.79. The Labute approximate surface area is 169 Å². The number of rotatable bonds is 6. The predicted molar refractivity (Wildman–Crippen MR) is 109 cm³/mol. The molecule has 0 bridgehead atoms. The third-order valence-electron chi connectivity index (χ3n) is 5.31. The van der Waals surface area contributed by atoms with E-state index in [0.29, 0.717) is 12.3 Å². The van der Waals surface area contributed by atoms with Crippen LogP contribution in [0.5, 0.6) is 0 Å². The molecule has 2 aliphatic rings. The molecule has 1 saturated heterocycles. The van der Waals surface area contributed by atoms with E-state index in [2.05, 4.69) is 10.2 Å². The van der Waals surface area contributed by atoms with Gasteiger partial charge in [0.25, 0.3) is 0 Å². The van der Waals surface area contributed by atoms with E-state index >= 15 is 0 Å². The molecular weight excluding hydrogens is 374 g/mol. The van der Waals surface area contributed by atoms with Crippen molar-refractivity contribution in [2.45, 2.75) is 30.2 Å². The number of carbonyl (C=O) groups is 2. The van der Waals surface area contributed by atoms with Crippen LogP contribution in [0, 0.1) is 0 Å². The van der Waals surface area contributed by atoms with Gasteiger partial charge < -0.3 is 14.6 Å². The Morgan fingerprint density at radius 1 is 1.14 bits per heavy atom. The molecule has 2 aromatic rings. The molecule has 7 heteroatoms. The Hall–Kier alpha value is -2.25. The summed E-state index contributed by atoms with van der Waals surface area (Å²) < 4.78 is 5.63. The molecule has 2 amide bonds.